The molecular weight excluding hydrogens is 255 g/mol. The molecule has 1 amide bonds. The molecule has 102 valence electrons. The average molecular weight is 267 g/mol. The van der Waals surface area contributed by atoms with Gasteiger partial charge in [-0.15, -0.1) is 0 Å². The minimum absolute atomic E-state index is 0.0453. The van der Waals surface area contributed by atoms with Crippen LogP contribution in [0.3, 0.4) is 0 Å². The first-order valence-corrected chi connectivity index (χ1v) is 5.29. The average Bonchev–Trinajstić information content (AvgIpc) is 2.53. The molecule has 0 aromatic carbocycles. The number of hydrogen-bond acceptors (Lipinski definition) is 4. The topological polar surface area (TPSA) is 63.7 Å². The second kappa shape index (κ2) is 5.36. The lowest BCUT2D eigenvalue weighted by Crippen LogP contribution is -2.48. The molecule has 0 aromatic heterocycles. The van der Waals surface area contributed by atoms with Gasteiger partial charge in [0.25, 0.3) is 0 Å². The Morgan fingerprint density at radius 2 is 2.06 bits per heavy atom. The Labute approximate surface area is 101 Å². The molecule has 0 N–H and O–H groups in total. The van der Waals surface area contributed by atoms with Crippen LogP contribution in [0.2, 0.25) is 0 Å². The van der Waals surface area contributed by atoms with Crippen molar-refractivity contribution in [2.45, 2.75) is 32.0 Å². The van der Waals surface area contributed by atoms with E-state index in [-0.39, 0.29) is 6.61 Å². The van der Waals surface area contributed by atoms with Crippen molar-refractivity contribution in [2.75, 3.05) is 13.2 Å². The van der Waals surface area contributed by atoms with Crippen LogP contribution in [-0.2, 0) is 19.1 Å². The lowest BCUT2D eigenvalue weighted by molar-refractivity contribution is -0.192. The molecule has 1 aliphatic heterocycles. The van der Waals surface area contributed by atoms with Gasteiger partial charge < -0.3 is 9.64 Å². The summed E-state index contributed by atoms with van der Waals surface area (Å²) in [6.45, 7) is 0.809. The Morgan fingerprint density at radius 1 is 1.44 bits per heavy atom. The molecule has 0 saturated carbocycles. The van der Waals surface area contributed by atoms with Crippen molar-refractivity contribution in [3.8, 4) is 0 Å². The predicted molar refractivity (Wildman–Crippen MR) is 52.4 cm³/mol. The van der Waals surface area contributed by atoms with Gasteiger partial charge in [-0.1, -0.05) is 0 Å². The van der Waals surface area contributed by atoms with E-state index >= 15 is 0 Å². The Morgan fingerprint density at radius 3 is 2.44 bits per heavy atom. The molecule has 0 spiro atoms. The summed E-state index contributed by atoms with van der Waals surface area (Å²) < 4.78 is 42.7. The lowest BCUT2D eigenvalue weighted by atomic mass is 10.1. The number of Topliss-reactive ketones (excluding diaryl/α,β-unsaturated/α-hetero) is 1. The fourth-order valence-electron chi connectivity index (χ4n) is 1.67. The number of likely N-dealkylation sites (tertiary alicyclic amines) is 1. The highest BCUT2D eigenvalue weighted by Gasteiger charge is 2.49. The van der Waals surface area contributed by atoms with Gasteiger partial charge >= 0.3 is 12.1 Å². The van der Waals surface area contributed by atoms with E-state index in [0.29, 0.717) is 4.90 Å². The molecule has 5 nitrogen and oxygen atoms in total. The standard InChI is InChI=1S/C10H12F3NO4/c1-2-18-9(17)4-7(10(11,12)13)14-5-6(15)3-8(14)16/h7H,2-5H2,1H3. The molecule has 0 aliphatic carbocycles. The first-order chi connectivity index (χ1) is 8.25. The molecule has 18 heavy (non-hydrogen) atoms. The Bertz CT molecular complexity index is 367. The SMILES string of the molecule is CCOC(=O)CC(N1CC(=O)CC1=O)C(F)(F)F. The second-order valence-corrected chi connectivity index (χ2v) is 3.80. The number of halogens is 3. The van der Waals surface area contributed by atoms with Crippen LogP contribution in [0, 0.1) is 0 Å². The summed E-state index contributed by atoms with van der Waals surface area (Å²) in [5, 5.41) is 0. The molecule has 1 unspecified atom stereocenters. The Balaban J connectivity index is 2.83. The minimum Gasteiger partial charge on any atom is -0.466 e. The zero-order valence-corrected chi connectivity index (χ0v) is 9.62. The number of esters is 1. The quantitative estimate of drug-likeness (QED) is 0.555. The summed E-state index contributed by atoms with van der Waals surface area (Å²) in [4.78, 5) is 33.7. The van der Waals surface area contributed by atoms with Crippen LogP contribution < -0.4 is 0 Å². The smallest absolute Gasteiger partial charge is 0.409 e. The van der Waals surface area contributed by atoms with Gasteiger partial charge in [0.05, 0.1) is 26.0 Å². The van der Waals surface area contributed by atoms with Gasteiger partial charge in [0.1, 0.15) is 6.04 Å². The van der Waals surface area contributed by atoms with Gasteiger partial charge in [0, 0.05) is 0 Å². The third-order valence-corrected chi connectivity index (χ3v) is 2.43. The van der Waals surface area contributed by atoms with Crippen LogP contribution in [0.1, 0.15) is 19.8 Å². The molecule has 1 fully saturated rings. The maximum atomic E-state index is 12.8. The summed E-state index contributed by atoms with van der Waals surface area (Å²) in [6, 6.07) is -2.30. The molecule has 0 aromatic rings. The number of amides is 1. The summed E-state index contributed by atoms with van der Waals surface area (Å²) in [5.41, 5.74) is 0. The molecule has 0 radical (unpaired) electrons. The van der Waals surface area contributed by atoms with Gasteiger partial charge in [0.2, 0.25) is 5.91 Å². The summed E-state index contributed by atoms with van der Waals surface area (Å²) >= 11 is 0. The van der Waals surface area contributed by atoms with Crippen LogP contribution in [0.5, 0.6) is 0 Å². The zero-order chi connectivity index (χ0) is 13.9. The van der Waals surface area contributed by atoms with Crippen LogP contribution in [0.4, 0.5) is 13.2 Å². The van der Waals surface area contributed by atoms with Crippen LogP contribution in [0.25, 0.3) is 0 Å². The van der Waals surface area contributed by atoms with Crippen molar-refractivity contribution in [1.29, 1.82) is 0 Å². The number of carbonyl (C=O) groups is 3. The van der Waals surface area contributed by atoms with Crippen LogP contribution in [0.15, 0.2) is 0 Å². The van der Waals surface area contributed by atoms with E-state index in [2.05, 4.69) is 4.74 Å². The second-order valence-electron chi connectivity index (χ2n) is 3.80. The lowest BCUT2D eigenvalue weighted by Gasteiger charge is -2.28. The monoisotopic (exact) mass is 267 g/mol. The minimum atomic E-state index is -4.77. The number of nitrogens with zero attached hydrogens (tertiary/aromatic N) is 1. The normalized spacial score (nSPS) is 18.1. The molecule has 8 heteroatoms. The summed E-state index contributed by atoms with van der Waals surface area (Å²) in [6.07, 6.45) is -6.31. The van der Waals surface area contributed by atoms with Gasteiger partial charge in [-0.2, -0.15) is 13.2 Å². The van der Waals surface area contributed by atoms with E-state index in [1.807, 2.05) is 0 Å². The van der Waals surface area contributed by atoms with Crippen molar-refractivity contribution < 1.29 is 32.3 Å². The van der Waals surface area contributed by atoms with Gasteiger partial charge in [-0.3, -0.25) is 14.4 Å². The van der Waals surface area contributed by atoms with Crippen molar-refractivity contribution in [2.24, 2.45) is 0 Å². The van der Waals surface area contributed by atoms with Crippen molar-refractivity contribution in [3.05, 3.63) is 0 Å². The van der Waals surface area contributed by atoms with Crippen LogP contribution in [-0.4, -0.2) is 47.9 Å². The Hall–Kier alpha value is -1.60. The zero-order valence-electron chi connectivity index (χ0n) is 9.62. The first-order valence-electron chi connectivity index (χ1n) is 5.29. The molecular formula is C10H12F3NO4. The summed E-state index contributed by atoms with van der Waals surface area (Å²) in [7, 11) is 0. The van der Waals surface area contributed by atoms with Crippen LogP contribution >= 0.6 is 0 Å². The highest BCUT2D eigenvalue weighted by molar-refractivity contribution is 6.05. The summed E-state index contributed by atoms with van der Waals surface area (Å²) in [5.74, 6) is -2.54. The van der Waals surface area contributed by atoms with E-state index in [0.717, 1.165) is 0 Å². The fraction of sp³-hybridized carbons (Fsp3) is 0.700. The fourth-order valence-corrected chi connectivity index (χ4v) is 1.67. The van der Waals surface area contributed by atoms with Crippen molar-refractivity contribution in [3.63, 3.8) is 0 Å². The molecule has 0 bridgehead atoms. The van der Waals surface area contributed by atoms with Gasteiger partial charge in [-0.05, 0) is 6.92 Å². The third kappa shape index (κ3) is 3.44. The largest absolute Gasteiger partial charge is 0.466 e. The molecule has 1 rings (SSSR count). The molecule has 1 atom stereocenters. The van der Waals surface area contributed by atoms with E-state index < -0.39 is 49.3 Å². The first kappa shape index (κ1) is 14.5. The third-order valence-electron chi connectivity index (χ3n) is 2.43. The van der Waals surface area contributed by atoms with Gasteiger partial charge in [0.15, 0.2) is 5.78 Å². The van der Waals surface area contributed by atoms with Crippen molar-refractivity contribution >= 4 is 17.7 Å². The molecule has 1 aliphatic rings. The number of ketones is 1. The maximum absolute atomic E-state index is 12.8. The predicted octanol–water partition coefficient (Wildman–Crippen LogP) is 0.672. The number of carbonyl (C=O) groups excluding carboxylic acids is 3. The van der Waals surface area contributed by atoms with E-state index in [4.69, 9.17) is 0 Å². The highest BCUT2D eigenvalue weighted by atomic mass is 19.4. The number of rotatable bonds is 4. The molecule has 1 heterocycles. The van der Waals surface area contributed by atoms with Gasteiger partial charge in [-0.25, -0.2) is 0 Å². The molecule has 1 saturated heterocycles. The number of hydrogen-bond donors (Lipinski definition) is 0. The number of alkyl halides is 3. The van der Waals surface area contributed by atoms with Crippen molar-refractivity contribution in [1.82, 2.24) is 4.90 Å². The highest BCUT2D eigenvalue weighted by Crippen LogP contribution is 2.29. The Kier molecular flexibility index (Phi) is 4.31. The van der Waals surface area contributed by atoms with E-state index in [1.165, 1.54) is 6.92 Å². The van der Waals surface area contributed by atoms with E-state index in [9.17, 15) is 27.6 Å². The maximum Gasteiger partial charge on any atom is 0.409 e. The van der Waals surface area contributed by atoms with E-state index in [1.54, 1.807) is 0 Å². The number of ether oxygens (including phenoxy) is 1.